The van der Waals surface area contributed by atoms with E-state index in [0.717, 1.165) is 57.1 Å². The van der Waals surface area contributed by atoms with Crippen molar-refractivity contribution in [2.24, 2.45) is 44.8 Å². The van der Waals surface area contributed by atoms with Crippen LogP contribution in [0.3, 0.4) is 0 Å². The van der Waals surface area contributed by atoms with E-state index < -0.39 is 0 Å². The minimum absolute atomic E-state index is 0.0259. The summed E-state index contributed by atoms with van der Waals surface area (Å²) in [4.78, 5) is 26.8. The summed E-state index contributed by atoms with van der Waals surface area (Å²) in [5.74, 6) is 2.24. The van der Waals surface area contributed by atoms with Crippen LogP contribution in [0.15, 0.2) is 22.4 Å². The van der Waals surface area contributed by atoms with Crippen molar-refractivity contribution >= 4 is 12.1 Å². The molecule has 0 amide bonds. The summed E-state index contributed by atoms with van der Waals surface area (Å²) in [5.41, 5.74) is 2.29. The van der Waals surface area contributed by atoms with Gasteiger partial charge in [0.2, 0.25) is 0 Å². The van der Waals surface area contributed by atoms with Crippen molar-refractivity contribution in [3.05, 3.63) is 29.2 Å². The number of hydrogen-bond donors (Lipinski definition) is 0. The number of aromatic nitrogens is 1. The molecule has 6 rings (SSSR count). The number of allylic oxidation sites excluding steroid dienone is 2. The minimum atomic E-state index is -0.311. The van der Waals surface area contributed by atoms with E-state index in [-0.39, 0.29) is 38.9 Å². The van der Waals surface area contributed by atoms with Crippen LogP contribution < -0.4 is 0 Å². The van der Waals surface area contributed by atoms with E-state index >= 15 is 0 Å². The Balaban J connectivity index is 1.49. The molecule has 2 unspecified atom stereocenters. The number of fused-ring (bicyclic) bond motifs is 8. The van der Waals surface area contributed by atoms with Crippen molar-refractivity contribution in [2.45, 2.75) is 98.8 Å². The number of ketones is 1. The molecule has 4 nitrogen and oxygen atoms in total. The lowest BCUT2D eigenvalue weighted by Crippen LogP contribution is -2.64. The van der Waals surface area contributed by atoms with Gasteiger partial charge < -0.3 is 9.32 Å². The van der Waals surface area contributed by atoms with Crippen LogP contribution in [0.1, 0.15) is 104 Å². The predicted molar refractivity (Wildman–Crippen MR) is 131 cm³/mol. The van der Waals surface area contributed by atoms with Crippen LogP contribution >= 0.6 is 0 Å². The standard InChI is InChI=1S/C30H41NO3/c1-18-20-7-8-28(5)23(27(20,4)14-19-16-31-34-25(18)19)13-22(33)24-21-15-26(2,3)9-11-30(21,17-32)12-10-29(24,28)6/h13,16-18,20-21,24H,7-12,14-15H2,1-6H3/t18-,20-,21?,24?,27-,28+,29+,30+/m0/s1. The molecule has 34 heavy (non-hydrogen) atoms. The van der Waals surface area contributed by atoms with E-state index in [4.69, 9.17) is 4.52 Å². The number of aldehydes is 1. The summed E-state index contributed by atoms with van der Waals surface area (Å²) in [6.45, 7) is 14.2. The molecule has 184 valence electrons. The highest BCUT2D eigenvalue weighted by molar-refractivity contribution is 5.96. The smallest absolute Gasteiger partial charge is 0.159 e. The highest BCUT2D eigenvalue weighted by atomic mass is 16.5. The first kappa shape index (κ1) is 22.7. The van der Waals surface area contributed by atoms with Crippen molar-refractivity contribution in [1.82, 2.24) is 5.16 Å². The van der Waals surface area contributed by atoms with Gasteiger partial charge >= 0.3 is 0 Å². The van der Waals surface area contributed by atoms with Crippen LogP contribution in [0.5, 0.6) is 0 Å². The van der Waals surface area contributed by atoms with Gasteiger partial charge in [-0.2, -0.15) is 0 Å². The maximum absolute atomic E-state index is 14.2. The Labute approximate surface area is 204 Å². The first-order chi connectivity index (χ1) is 15.9. The van der Waals surface area contributed by atoms with Gasteiger partial charge in [-0.05, 0) is 90.9 Å². The van der Waals surface area contributed by atoms with Crippen LogP contribution in [0.2, 0.25) is 0 Å². The second kappa shape index (κ2) is 6.73. The summed E-state index contributed by atoms with van der Waals surface area (Å²) in [5, 5.41) is 4.14. The van der Waals surface area contributed by atoms with Gasteiger partial charge in [-0.25, -0.2) is 0 Å². The van der Waals surface area contributed by atoms with Gasteiger partial charge in [0.15, 0.2) is 5.78 Å². The highest BCUT2D eigenvalue weighted by Gasteiger charge is 2.69. The fourth-order valence-electron chi connectivity index (χ4n) is 10.1. The molecule has 0 N–H and O–H groups in total. The summed E-state index contributed by atoms with van der Waals surface area (Å²) in [7, 11) is 0. The van der Waals surface area contributed by atoms with Gasteiger partial charge in [0.25, 0.3) is 0 Å². The fourth-order valence-corrected chi connectivity index (χ4v) is 10.1. The molecule has 0 aromatic carbocycles. The normalized spacial score (nSPS) is 49.0. The number of rotatable bonds is 1. The summed E-state index contributed by atoms with van der Waals surface area (Å²) >= 11 is 0. The van der Waals surface area contributed by atoms with E-state index in [1.54, 1.807) is 0 Å². The molecule has 3 fully saturated rings. The van der Waals surface area contributed by atoms with Crippen LogP contribution in [0, 0.1) is 44.8 Å². The largest absolute Gasteiger partial charge is 0.361 e. The third-order valence-electron chi connectivity index (χ3n) is 12.3. The lowest BCUT2D eigenvalue weighted by Gasteiger charge is -2.68. The van der Waals surface area contributed by atoms with Crippen molar-refractivity contribution in [2.75, 3.05) is 0 Å². The third-order valence-corrected chi connectivity index (χ3v) is 12.3. The van der Waals surface area contributed by atoms with Gasteiger partial charge in [0, 0.05) is 22.8 Å². The fraction of sp³-hybridized carbons (Fsp3) is 0.767. The number of hydrogen-bond acceptors (Lipinski definition) is 4. The Morgan fingerprint density at radius 1 is 1.03 bits per heavy atom. The van der Waals surface area contributed by atoms with Crippen molar-refractivity contribution in [1.29, 1.82) is 0 Å². The predicted octanol–water partition coefficient (Wildman–Crippen LogP) is 6.69. The van der Waals surface area contributed by atoms with Crippen LogP contribution in [-0.4, -0.2) is 17.2 Å². The SMILES string of the molecule is C[C@@H]1c2oncc2C[C@]2(C)C3=CC(=O)C4C5CC(C)(C)CC[C@]5(C=O)CC[C@@]4(C)[C@]3(C)CC[C@@H]12. The van der Waals surface area contributed by atoms with Gasteiger partial charge in [0.1, 0.15) is 12.0 Å². The van der Waals surface area contributed by atoms with E-state index in [0.29, 0.717) is 17.6 Å². The van der Waals surface area contributed by atoms with Crippen molar-refractivity contribution in [3.8, 4) is 0 Å². The lowest BCUT2D eigenvalue weighted by molar-refractivity contribution is -0.171. The third kappa shape index (κ3) is 2.58. The molecule has 1 heterocycles. The van der Waals surface area contributed by atoms with E-state index in [2.05, 4.69) is 52.8 Å². The number of carbonyl (C=O) groups excluding carboxylic acids is 2. The van der Waals surface area contributed by atoms with Gasteiger partial charge in [-0.1, -0.05) is 52.3 Å². The Kier molecular flexibility index (Phi) is 4.50. The molecule has 1 aromatic rings. The first-order valence-corrected chi connectivity index (χ1v) is 13.6. The minimum Gasteiger partial charge on any atom is -0.361 e. The molecule has 3 saturated carbocycles. The molecule has 0 bridgehead atoms. The number of nitrogens with zero attached hydrogens (tertiary/aromatic N) is 1. The van der Waals surface area contributed by atoms with Crippen molar-refractivity contribution < 1.29 is 14.1 Å². The van der Waals surface area contributed by atoms with Gasteiger partial charge in [-0.15, -0.1) is 0 Å². The second-order valence-corrected chi connectivity index (χ2v) is 14.3. The Hall–Kier alpha value is -1.71. The molecule has 0 radical (unpaired) electrons. The molecule has 8 atom stereocenters. The molecule has 0 saturated heterocycles. The Morgan fingerprint density at radius 3 is 2.50 bits per heavy atom. The average Bonchev–Trinajstić information content (AvgIpc) is 3.23. The van der Waals surface area contributed by atoms with Gasteiger partial charge in [-0.3, -0.25) is 4.79 Å². The Bertz CT molecular complexity index is 1100. The topological polar surface area (TPSA) is 60.2 Å². The maximum atomic E-state index is 14.2. The summed E-state index contributed by atoms with van der Waals surface area (Å²) < 4.78 is 5.68. The molecule has 5 aliphatic rings. The maximum Gasteiger partial charge on any atom is 0.159 e. The Morgan fingerprint density at radius 2 is 1.76 bits per heavy atom. The molecular weight excluding hydrogens is 422 g/mol. The second-order valence-electron chi connectivity index (χ2n) is 14.3. The molecule has 1 aromatic heterocycles. The first-order valence-electron chi connectivity index (χ1n) is 13.6. The highest BCUT2D eigenvalue weighted by Crippen LogP contribution is 2.74. The molecule has 5 aliphatic carbocycles. The number of carbonyl (C=O) groups is 2. The van der Waals surface area contributed by atoms with E-state index in [1.807, 2.05) is 6.20 Å². The zero-order valence-electron chi connectivity index (χ0n) is 21.9. The summed E-state index contributed by atoms with van der Waals surface area (Å²) in [6.07, 6.45) is 13.3. The molecule has 0 spiro atoms. The quantitative estimate of drug-likeness (QED) is 0.435. The zero-order chi connectivity index (χ0) is 24.3. The van der Waals surface area contributed by atoms with Crippen LogP contribution in [0.4, 0.5) is 0 Å². The average molecular weight is 464 g/mol. The van der Waals surface area contributed by atoms with Crippen molar-refractivity contribution in [3.63, 3.8) is 0 Å². The molecule has 4 heteroatoms. The zero-order valence-corrected chi connectivity index (χ0v) is 21.9. The molecule has 0 aliphatic heterocycles. The monoisotopic (exact) mass is 463 g/mol. The van der Waals surface area contributed by atoms with Gasteiger partial charge in [0.05, 0.1) is 6.20 Å². The van der Waals surface area contributed by atoms with E-state index in [9.17, 15) is 9.59 Å². The lowest BCUT2D eigenvalue weighted by atomic mass is 9.34. The van der Waals surface area contributed by atoms with E-state index in [1.165, 1.54) is 17.4 Å². The van der Waals surface area contributed by atoms with Crippen LogP contribution in [0.25, 0.3) is 0 Å². The molecular formula is C30H41NO3. The van der Waals surface area contributed by atoms with Crippen LogP contribution in [-0.2, 0) is 16.0 Å². The summed E-state index contributed by atoms with van der Waals surface area (Å²) in [6, 6.07) is 0.